The average molecular weight is 535 g/mol. The second-order valence-electron chi connectivity index (χ2n) is 9.06. The number of rotatable bonds is 8. The van der Waals surface area contributed by atoms with Gasteiger partial charge < -0.3 is 30.1 Å². The molecule has 1 aromatic heterocycles. The molecule has 0 saturated carbocycles. The first-order valence-electron chi connectivity index (χ1n) is 11.1. The van der Waals surface area contributed by atoms with Gasteiger partial charge in [0.05, 0.1) is 18.4 Å². The van der Waals surface area contributed by atoms with Gasteiger partial charge in [-0.2, -0.15) is 0 Å². The quantitative estimate of drug-likeness (QED) is 0.360. The van der Waals surface area contributed by atoms with E-state index in [0.717, 1.165) is 28.6 Å². The summed E-state index contributed by atoms with van der Waals surface area (Å²) in [6.07, 6.45) is -3.03. The highest BCUT2D eigenvalue weighted by Gasteiger charge is 2.49. The van der Waals surface area contributed by atoms with Gasteiger partial charge in [-0.05, 0) is 32.9 Å². The van der Waals surface area contributed by atoms with Crippen LogP contribution >= 0.6 is 11.8 Å². The molecule has 36 heavy (non-hydrogen) atoms. The van der Waals surface area contributed by atoms with Crippen LogP contribution in [-0.4, -0.2) is 101 Å². The zero-order valence-electron chi connectivity index (χ0n) is 20.0. The molecule has 1 amide bonds. The smallest absolute Gasteiger partial charge is 0.238 e. The lowest BCUT2D eigenvalue weighted by atomic mass is 9.97. The summed E-state index contributed by atoms with van der Waals surface area (Å²) in [5, 5.41) is 48.9. The maximum absolute atomic E-state index is 13.7. The molecule has 6 atom stereocenters. The maximum Gasteiger partial charge on any atom is 0.238 e. The molecule has 3 rings (SSSR count). The van der Waals surface area contributed by atoms with Crippen LogP contribution in [0.4, 0.5) is 13.2 Å². The molecule has 2 aromatic rings. The summed E-state index contributed by atoms with van der Waals surface area (Å²) in [6, 6.07) is 0.191. The van der Waals surface area contributed by atoms with Crippen molar-refractivity contribution in [1.29, 1.82) is 0 Å². The lowest BCUT2D eigenvalue weighted by Gasteiger charge is -2.43. The minimum atomic E-state index is -1.64. The third-order valence-electron chi connectivity index (χ3n) is 5.93. The van der Waals surface area contributed by atoms with E-state index in [1.165, 1.54) is 24.9 Å². The average Bonchev–Trinajstić information content (AvgIpc) is 3.30. The number of hydrogen-bond acceptors (Lipinski definition) is 9. The molecular formula is C22H29F3N4O6S. The number of amides is 1. The standard InChI is InChI=1S/C22H29F3N4O6S/c1-5-28(4)20(33)19(22(2,3)34)36-21-18(32)16(17(31)14(9-30)35-21)29-8-13(26-27-29)10-6-11(23)15(25)12(24)7-10/h6-8,14,16-19,21,30-32,34H,5,9H2,1-4H3/t14-,16+,17+,18-,19+,21+/m1/s1. The number of halogens is 3. The van der Waals surface area contributed by atoms with Gasteiger partial charge in [0.2, 0.25) is 5.91 Å². The van der Waals surface area contributed by atoms with Crippen molar-refractivity contribution in [2.24, 2.45) is 0 Å². The molecule has 1 aliphatic heterocycles. The molecule has 0 unspecified atom stereocenters. The van der Waals surface area contributed by atoms with Crippen LogP contribution < -0.4 is 0 Å². The Bertz CT molecular complexity index is 1060. The first-order valence-corrected chi connectivity index (χ1v) is 12.1. The van der Waals surface area contributed by atoms with Crippen molar-refractivity contribution < 1.29 is 43.1 Å². The summed E-state index contributed by atoms with van der Waals surface area (Å²) in [5.41, 5.74) is -2.92. The number of benzene rings is 1. The highest BCUT2D eigenvalue weighted by atomic mass is 32.2. The number of aliphatic hydroxyl groups is 4. The fourth-order valence-electron chi connectivity index (χ4n) is 3.77. The van der Waals surface area contributed by atoms with Crippen molar-refractivity contribution in [3.63, 3.8) is 0 Å². The summed E-state index contributed by atoms with van der Waals surface area (Å²) < 4.78 is 47.4. The van der Waals surface area contributed by atoms with E-state index in [2.05, 4.69) is 10.3 Å². The van der Waals surface area contributed by atoms with Gasteiger partial charge in [0.15, 0.2) is 17.5 Å². The topological polar surface area (TPSA) is 141 Å². The Morgan fingerprint density at radius 2 is 1.86 bits per heavy atom. The van der Waals surface area contributed by atoms with Gasteiger partial charge in [-0.1, -0.05) is 5.21 Å². The minimum absolute atomic E-state index is 0.0717. The predicted molar refractivity (Wildman–Crippen MR) is 123 cm³/mol. The molecule has 1 aliphatic rings. The van der Waals surface area contributed by atoms with Crippen molar-refractivity contribution >= 4 is 17.7 Å². The van der Waals surface area contributed by atoms with Gasteiger partial charge in [-0.25, -0.2) is 17.9 Å². The second kappa shape index (κ2) is 11.0. The van der Waals surface area contributed by atoms with E-state index < -0.39 is 70.6 Å². The molecule has 1 aromatic carbocycles. The number of carbonyl (C=O) groups is 1. The van der Waals surface area contributed by atoms with Crippen molar-refractivity contribution in [2.45, 2.75) is 61.4 Å². The van der Waals surface area contributed by atoms with E-state index in [1.807, 2.05) is 0 Å². The Balaban J connectivity index is 1.94. The Labute approximate surface area is 209 Å². The number of carbonyl (C=O) groups excluding carboxylic acids is 1. The Morgan fingerprint density at radius 1 is 1.25 bits per heavy atom. The summed E-state index contributed by atoms with van der Waals surface area (Å²) in [5.74, 6) is -4.92. The normalized spacial score (nSPS) is 25.6. The number of thioether (sulfide) groups is 1. The molecule has 0 radical (unpaired) electrons. The summed E-state index contributed by atoms with van der Waals surface area (Å²) in [7, 11) is 1.56. The van der Waals surface area contributed by atoms with Crippen LogP contribution in [0.15, 0.2) is 18.3 Å². The van der Waals surface area contributed by atoms with E-state index in [4.69, 9.17) is 4.74 Å². The number of ether oxygens (including phenoxy) is 1. The van der Waals surface area contributed by atoms with Gasteiger partial charge >= 0.3 is 0 Å². The molecule has 10 nitrogen and oxygen atoms in total. The number of nitrogens with zero attached hydrogens (tertiary/aromatic N) is 4. The van der Waals surface area contributed by atoms with E-state index in [0.29, 0.717) is 6.54 Å². The first-order chi connectivity index (χ1) is 16.8. The molecule has 1 saturated heterocycles. The van der Waals surface area contributed by atoms with Gasteiger partial charge in [0, 0.05) is 19.2 Å². The molecule has 0 aliphatic carbocycles. The molecule has 14 heteroatoms. The first kappa shape index (κ1) is 28.3. The van der Waals surface area contributed by atoms with E-state index in [1.54, 1.807) is 14.0 Å². The summed E-state index contributed by atoms with van der Waals surface area (Å²) in [4.78, 5) is 14.3. The van der Waals surface area contributed by atoms with Crippen molar-refractivity contribution in [3.8, 4) is 11.3 Å². The molecule has 1 fully saturated rings. The second-order valence-corrected chi connectivity index (χ2v) is 10.3. The van der Waals surface area contributed by atoms with Gasteiger partial charge in [-0.3, -0.25) is 4.79 Å². The highest BCUT2D eigenvalue weighted by molar-refractivity contribution is 8.01. The SMILES string of the molecule is CCN(C)C(=O)[C@H](S[C@@H]1O[C@H](CO)[C@H](O)[C@H](n2cc(-c3cc(F)c(F)c(F)c3)nn2)[C@H]1O)C(C)(C)O. The van der Waals surface area contributed by atoms with E-state index >= 15 is 0 Å². The van der Waals surface area contributed by atoms with Crippen LogP contribution in [0.1, 0.15) is 26.8 Å². The lowest BCUT2D eigenvalue weighted by Crippen LogP contribution is -2.57. The van der Waals surface area contributed by atoms with Crippen LogP contribution in [0, 0.1) is 17.5 Å². The van der Waals surface area contributed by atoms with E-state index in [9.17, 15) is 38.4 Å². The third kappa shape index (κ3) is 5.68. The third-order valence-corrected chi connectivity index (χ3v) is 7.64. The predicted octanol–water partition coefficient (Wildman–Crippen LogP) is 0.693. The zero-order chi connectivity index (χ0) is 26.9. The molecule has 4 N–H and O–H groups in total. The van der Waals surface area contributed by atoms with Gasteiger partial charge in [-0.15, -0.1) is 16.9 Å². The van der Waals surface area contributed by atoms with Crippen LogP contribution in [0.25, 0.3) is 11.3 Å². The van der Waals surface area contributed by atoms with Gasteiger partial charge in [0.1, 0.15) is 40.7 Å². The molecular weight excluding hydrogens is 505 g/mol. The van der Waals surface area contributed by atoms with Crippen LogP contribution in [0.5, 0.6) is 0 Å². The Kier molecular flexibility index (Phi) is 8.68. The fraction of sp³-hybridized carbons (Fsp3) is 0.591. The highest BCUT2D eigenvalue weighted by Crippen LogP contribution is 2.39. The molecule has 200 valence electrons. The van der Waals surface area contributed by atoms with Gasteiger partial charge in [0.25, 0.3) is 0 Å². The minimum Gasteiger partial charge on any atom is -0.394 e. The summed E-state index contributed by atoms with van der Waals surface area (Å²) >= 11 is 0.823. The molecule has 2 heterocycles. The fourth-order valence-corrected chi connectivity index (χ4v) is 5.19. The monoisotopic (exact) mass is 534 g/mol. The van der Waals surface area contributed by atoms with Crippen LogP contribution in [-0.2, 0) is 9.53 Å². The zero-order valence-corrected chi connectivity index (χ0v) is 20.9. The van der Waals surface area contributed by atoms with Crippen molar-refractivity contribution in [1.82, 2.24) is 19.9 Å². The van der Waals surface area contributed by atoms with Crippen molar-refractivity contribution in [3.05, 3.63) is 35.8 Å². The number of aromatic nitrogens is 3. The Hall–Kier alpha value is -2.23. The maximum atomic E-state index is 13.7. The number of hydrogen-bond donors (Lipinski definition) is 4. The largest absolute Gasteiger partial charge is 0.394 e. The van der Waals surface area contributed by atoms with E-state index in [-0.39, 0.29) is 11.3 Å². The number of aliphatic hydroxyl groups excluding tert-OH is 3. The summed E-state index contributed by atoms with van der Waals surface area (Å²) in [6.45, 7) is 4.34. The van der Waals surface area contributed by atoms with Crippen molar-refractivity contribution in [2.75, 3.05) is 20.2 Å². The van der Waals surface area contributed by atoms with Crippen LogP contribution in [0.3, 0.4) is 0 Å². The lowest BCUT2D eigenvalue weighted by molar-refractivity contribution is -0.179. The Morgan fingerprint density at radius 3 is 2.39 bits per heavy atom. The molecule has 0 bridgehead atoms. The van der Waals surface area contributed by atoms with Crippen LogP contribution in [0.2, 0.25) is 0 Å². The molecule has 0 spiro atoms.